The maximum Gasteiger partial charge on any atom is 0.411 e. The van der Waals surface area contributed by atoms with Gasteiger partial charge in [-0.05, 0) is 63.8 Å². The second-order valence-electron chi connectivity index (χ2n) is 8.64. The average Bonchev–Trinajstić information content (AvgIpc) is 3.13. The summed E-state index contributed by atoms with van der Waals surface area (Å²) in [5.41, 5.74) is 6.92. The Hall–Kier alpha value is -3.02. The molecule has 1 aliphatic heterocycles. The third kappa shape index (κ3) is 5.12. The van der Waals surface area contributed by atoms with Crippen LogP contribution in [-0.4, -0.2) is 28.5 Å². The fourth-order valence-electron chi connectivity index (χ4n) is 3.75. The van der Waals surface area contributed by atoms with Gasteiger partial charge in [0.15, 0.2) is 0 Å². The Morgan fingerprint density at radius 2 is 1.67 bits per heavy atom. The Morgan fingerprint density at radius 1 is 1.03 bits per heavy atom. The highest BCUT2D eigenvalue weighted by atomic mass is 16.6. The van der Waals surface area contributed by atoms with Gasteiger partial charge in [-0.15, -0.1) is 0 Å². The number of hydrogen-bond donors (Lipinski definition) is 1. The largest absolute Gasteiger partial charge is 0.486 e. The number of amides is 2. The van der Waals surface area contributed by atoms with Gasteiger partial charge in [0.1, 0.15) is 23.5 Å². The Balaban J connectivity index is 1.76. The highest BCUT2D eigenvalue weighted by Gasteiger charge is 2.42. The van der Waals surface area contributed by atoms with Gasteiger partial charge in [0.05, 0.1) is 6.04 Å². The number of rotatable bonds is 5. The minimum Gasteiger partial charge on any atom is -0.486 e. The summed E-state index contributed by atoms with van der Waals surface area (Å²) in [4.78, 5) is 26.2. The minimum absolute atomic E-state index is 0.0824. The number of ether oxygens (including phenoxy) is 2. The molecular weight excluding hydrogens is 380 g/mol. The van der Waals surface area contributed by atoms with Gasteiger partial charge in [0.25, 0.3) is 0 Å². The number of carbonyl (C=O) groups is 2. The molecule has 0 unspecified atom stereocenters. The van der Waals surface area contributed by atoms with E-state index >= 15 is 0 Å². The number of primary amides is 1. The van der Waals surface area contributed by atoms with E-state index in [0.29, 0.717) is 12.8 Å². The van der Waals surface area contributed by atoms with Crippen LogP contribution in [0.25, 0.3) is 0 Å². The number of carbonyl (C=O) groups excluding carboxylic acids is 2. The van der Waals surface area contributed by atoms with Crippen molar-refractivity contribution in [2.75, 3.05) is 0 Å². The fraction of sp³-hybridized carbons (Fsp3) is 0.417. The maximum atomic E-state index is 12.8. The number of likely N-dealkylation sites (tertiary alicyclic amines) is 1. The molecule has 6 heteroatoms. The van der Waals surface area contributed by atoms with Crippen LogP contribution >= 0.6 is 0 Å². The molecule has 0 saturated carbocycles. The van der Waals surface area contributed by atoms with Crippen LogP contribution in [0, 0.1) is 0 Å². The molecule has 160 valence electrons. The van der Waals surface area contributed by atoms with E-state index in [-0.39, 0.29) is 12.1 Å². The number of benzene rings is 2. The maximum absolute atomic E-state index is 12.8. The van der Waals surface area contributed by atoms with Crippen LogP contribution in [0.3, 0.4) is 0 Å². The van der Waals surface area contributed by atoms with Crippen molar-refractivity contribution in [1.82, 2.24) is 4.90 Å². The predicted octanol–water partition coefficient (Wildman–Crippen LogP) is 4.75. The van der Waals surface area contributed by atoms with Gasteiger partial charge in [-0.25, -0.2) is 4.79 Å². The van der Waals surface area contributed by atoms with Crippen molar-refractivity contribution in [2.45, 2.75) is 64.3 Å². The molecule has 0 spiro atoms. The molecule has 2 aromatic carbocycles. The Bertz CT molecular complexity index is 874. The van der Waals surface area contributed by atoms with Gasteiger partial charge in [0, 0.05) is 0 Å². The summed E-state index contributed by atoms with van der Waals surface area (Å²) < 4.78 is 11.6. The molecule has 1 saturated heterocycles. The van der Waals surface area contributed by atoms with Gasteiger partial charge in [0.2, 0.25) is 5.91 Å². The second-order valence-corrected chi connectivity index (χ2v) is 8.64. The van der Waals surface area contributed by atoms with E-state index in [1.54, 1.807) is 20.8 Å². The lowest BCUT2D eigenvalue weighted by Gasteiger charge is -2.31. The first-order chi connectivity index (χ1) is 14.2. The van der Waals surface area contributed by atoms with Crippen LogP contribution in [0.15, 0.2) is 54.6 Å². The summed E-state index contributed by atoms with van der Waals surface area (Å²) in [5, 5.41) is 0. The van der Waals surface area contributed by atoms with E-state index in [0.717, 1.165) is 16.9 Å². The van der Waals surface area contributed by atoms with Crippen molar-refractivity contribution in [3.05, 3.63) is 65.7 Å². The van der Waals surface area contributed by atoms with Crippen LogP contribution in [0.1, 0.15) is 63.8 Å². The number of hydrogen-bond acceptors (Lipinski definition) is 4. The van der Waals surface area contributed by atoms with E-state index in [4.69, 9.17) is 15.2 Å². The van der Waals surface area contributed by atoms with Crippen molar-refractivity contribution < 1.29 is 19.1 Å². The highest BCUT2D eigenvalue weighted by molar-refractivity contribution is 5.85. The van der Waals surface area contributed by atoms with Gasteiger partial charge in [-0.3, -0.25) is 9.69 Å². The zero-order valence-electron chi connectivity index (χ0n) is 18.0. The highest BCUT2D eigenvalue weighted by Crippen LogP contribution is 2.38. The number of nitrogens with two attached hydrogens (primary N) is 1. The lowest BCUT2D eigenvalue weighted by molar-refractivity contribution is -0.122. The van der Waals surface area contributed by atoms with E-state index < -0.39 is 23.6 Å². The molecule has 0 aromatic heterocycles. The lowest BCUT2D eigenvalue weighted by Crippen LogP contribution is -2.46. The molecule has 1 fully saturated rings. The molecule has 1 heterocycles. The van der Waals surface area contributed by atoms with Crippen molar-refractivity contribution >= 4 is 12.0 Å². The summed E-state index contributed by atoms with van der Waals surface area (Å²) in [6, 6.07) is 16.7. The standard InChI is InChI=1S/C24H30N2O4/c1-16(17-8-6-5-7-9-17)29-19-12-10-18(11-13-19)20-14-15-21(22(25)27)26(20)23(28)30-24(2,3)4/h5-13,16,20-21H,14-15H2,1-4H3,(H2,25,27)/t16-,20-,21+/m1/s1. The normalized spacial score (nSPS) is 19.9. The van der Waals surface area contributed by atoms with Crippen LogP contribution in [0.5, 0.6) is 5.75 Å². The van der Waals surface area contributed by atoms with Crippen molar-refractivity contribution in [3.8, 4) is 5.75 Å². The molecule has 0 radical (unpaired) electrons. The van der Waals surface area contributed by atoms with Gasteiger partial charge in [-0.1, -0.05) is 42.5 Å². The lowest BCUT2D eigenvalue weighted by atomic mass is 10.0. The monoisotopic (exact) mass is 410 g/mol. The van der Waals surface area contributed by atoms with E-state index in [9.17, 15) is 9.59 Å². The van der Waals surface area contributed by atoms with Crippen LogP contribution in [0.2, 0.25) is 0 Å². The molecule has 2 N–H and O–H groups in total. The molecule has 2 aromatic rings. The molecule has 0 aliphatic carbocycles. The quantitative estimate of drug-likeness (QED) is 0.771. The van der Waals surface area contributed by atoms with Crippen molar-refractivity contribution in [2.24, 2.45) is 5.73 Å². The first-order valence-corrected chi connectivity index (χ1v) is 10.3. The van der Waals surface area contributed by atoms with Crippen molar-refractivity contribution in [3.63, 3.8) is 0 Å². The molecule has 1 aliphatic rings. The molecule has 3 atom stereocenters. The summed E-state index contributed by atoms with van der Waals surface area (Å²) in [6.07, 6.45) is 0.559. The smallest absolute Gasteiger partial charge is 0.411 e. The molecule has 6 nitrogen and oxygen atoms in total. The van der Waals surface area contributed by atoms with Gasteiger partial charge >= 0.3 is 6.09 Å². The van der Waals surface area contributed by atoms with Gasteiger partial charge < -0.3 is 15.2 Å². The Kier molecular flexibility index (Phi) is 6.34. The zero-order chi connectivity index (χ0) is 21.9. The molecular formula is C24H30N2O4. The Labute approximate surface area is 178 Å². The predicted molar refractivity (Wildman–Crippen MR) is 115 cm³/mol. The van der Waals surface area contributed by atoms with Crippen molar-refractivity contribution in [1.29, 1.82) is 0 Å². The Morgan fingerprint density at radius 3 is 2.23 bits per heavy atom. The molecule has 0 bridgehead atoms. The summed E-state index contributed by atoms with van der Waals surface area (Å²) in [7, 11) is 0. The number of nitrogens with zero attached hydrogens (tertiary/aromatic N) is 1. The third-order valence-corrected chi connectivity index (χ3v) is 5.16. The van der Waals surface area contributed by atoms with Crippen LogP contribution in [-0.2, 0) is 9.53 Å². The summed E-state index contributed by atoms with van der Waals surface area (Å²) in [6.45, 7) is 7.40. The molecule has 30 heavy (non-hydrogen) atoms. The van der Waals surface area contributed by atoms with E-state index in [2.05, 4.69) is 0 Å². The van der Waals surface area contributed by atoms with Crippen LogP contribution in [0.4, 0.5) is 4.79 Å². The first-order valence-electron chi connectivity index (χ1n) is 10.3. The summed E-state index contributed by atoms with van der Waals surface area (Å²) >= 11 is 0. The van der Waals surface area contributed by atoms with E-state index in [1.165, 1.54) is 4.90 Å². The average molecular weight is 411 g/mol. The first kappa shape index (κ1) is 21.7. The molecule has 2 amide bonds. The van der Waals surface area contributed by atoms with Gasteiger partial charge in [-0.2, -0.15) is 0 Å². The second kappa shape index (κ2) is 8.78. The molecule has 3 rings (SSSR count). The summed E-state index contributed by atoms with van der Waals surface area (Å²) in [5.74, 6) is 0.225. The van der Waals surface area contributed by atoms with E-state index in [1.807, 2.05) is 61.5 Å². The third-order valence-electron chi connectivity index (χ3n) is 5.16. The van der Waals surface area contributed by atoms with Crippen LogP contribution < -0.4 is 10.5 Å². The SMILES string of the molecule is C[C@@H](Oc1ccc([C@H]2CC[C@@H](C(N)=O)N2C(=O)OC(C)(C)C)cc1)c1ccccc1. The topological polar surface area (TPSA) is 81.9 Å². The minimum atomic E-state index is -0.668. The zero-order valence-corrected chi connectivity index (χ0v) is 18.0. The fourth-order valence-corrected chi connectivity index (χ4v) is 3.75.